The number of fused-ring (bicyclic) bond motifs is 4. The Hall–Kier alpha value is -2.53. The van der Waals surface area contributed by atoms with Crippen LogP contribution in [-0.4, -0.2) is 63.3 Å². The molecule has 42 heavy (non-hydrogen) atoms. The van der Waals surface area contributed by atoms with Crippen molar-refractivity contribution in [2.75, 3.05) is 31.3 Å². The van der Waals surface area contributed by atoms with Crippen LogP contribution >= 0.6 is 11.8 Å². The Morgan fingerprint density at radius 1 is 1.14 bits per heavy atom. The monoisotopic (exact) mass is 610 g/mol. The molecule has 2 aromatic rings. The lowest BCUT2D eigenvalue weighted by Crippen LogP contribution is -2.54. The summed E-state index contributed by atoms with van der Waals surface area (Å²) in [6, 6.07) is 14.4. The van der Waals surface area contributed by atoms with E-state index < -0.39 is 8.32 Å². The van der Waals surface area contributed by atoms with Crippen molar-refractivity contribution < 1.29 is 18.8 Å². The molecule has 4 atom stereocenters. The Kier molecular flexibility index (Phi) is 9.27. The van der Waals surface area contributed by atoms with E-state index in [-0.39, 0.29) is 47.8 Å². The molecule has 0 spiro atoms. The predicted octanol–water partition coefficient (Wildman–Crippen LogP) is 6.22. The number of nitrogens with zero attached hydrogens (tertiary/aromatic N) is 1. The van der Waals surface area contributed by atoms with Crippen LogP contribution in [0, 0.1) is 0 Å². The Morgan fingerprint density at radius 3 is 2.69 bits per heavy atom. The molecule has 8 nitrogen and oxygen atoms in total. The van der Waals surface area contributed by atoms with Gasteiger partial charge in [0.2, 0.25) is 5.91 Å². The predicted molar refractivity (Wildman–Crippen MR) is 171 cm³/mol. The molecular formula is C32H46N4O4SSi. The number of benzene rings is 2. The number of hydrogen-bond donors (Lipinski definition) is 3. The van der Waals surface area contributed by atoms with Gasteiger partial charge in [-0.15, -0.1) is 11.8 Å². The summed E-state index contributed by atoms with van der Waals surface area (Å²) in [4.78, 5) is 28.8. The second-order valence-electron chi connectivity index (χ2n) is 13.2. The van der Waals surface area contributed by atoms with Crippen LogP contribution in [0.3, 0.4) is 0 Å². The largest absolute Gasteiger partial charge is 0.409 e. The number of thioether (sulfide) groups is 1. The summed E-state index contributed by atoms with van der Waals surface area (Å²) in [7, 11) is -1.91. The Balaban J connectivity index is 1.13. The van der Waals surface area contributed by atoms with Crippen LogP contribution in [0.15, 0.2) is 47.4 Å². The first-order valence-electron chi connectivity index (χ1n) is 15.1. The summed E-state index contributed by atoms with van der Waals surface area (Å²) in [6.45, 7) is 13.0. The van der Waals surface area contributed by atoms with Crippen molar-refractivity contribution in [2.24, 2.45) is 0 Å². The van der Waals surface area contributed by atoms with Gasteiger partial charge in [0.15, 0.2) is 8.32 Å². The van der Waals surface area contributed by atoms with E-state index in [9.17, 15) is 9.59 Å². The Morgan fingerprint density at radius 2 is 1.93 bits per heavy atom. The number of rotatable bonds is 8. The molecule has 2 fully saturated rings. The number of carbonyl (C=O) groups is 2. The number of amides is 3. The maximum absolute atomic E-state index is 13.1. The molecule has 2 bridgehead atoms. The van der Waals surface area contributed by atoms with Gasteiger partial charge in [-0.1, -0.05) is 45.0 Å². The fourth-order valence-electron chi connectivity index (χ4n) is 5.97. The maximum Gasteiger partial charge on any atom is 0.315 e. The van der Waals surface area contributed by atoms with Crippen LogP contribution in [-0.2, 0) is 20.5 Å². The topological polar surface area (TPSA) is 91.9 Å². The van der Waals surface area contributed by atoms with E-state index in [0.717, 1.165) is 36.1 Å². The van der Waals surface area contributed by atoms with Crippen LogP contribution in [0.1, 0.15) is 68.9 Å². The van der Waals surface area contributed by atoms with Crippen LogP contribution in [0.4, 0.5) is 10.5 Å². The molecule has 3 amide bonds. The highest BCUT2D eigenvalue weighted by Crippen LogP contribution is 2.43. The minimum absolute atomic E-state index is 0.0153. The fraction of sp³-hybridized carbons (Fsp3) is 0.562. The third kappa shape index (κ3) is 6.66. The molecule has 0 saturated carbocycles. The molecular weight excluding hydrogens is 565 g/mol. The smallest absolute Gasteiger partial charge is 0.315 e. The Labute approximate surface area is 255 Å². The fourth-order valence-corrected chi connectivity index (χ4v) is 7.97. The zero-order valence-electron chi connectivity index (χ0n) is 25.8. The van der Waals surface area contributed by atoms with Crippen molar-refractivity contribution in [1.82, 2.24) is 15.5 Å². The number of urea groups is 1. The van der Waals surface area contributed by atoms with E-state index in [1.807, 2.05) is 23.1 Å². The van der Waals surface area contributed by atoms with E-state index in [0.29, 0.717) is 19.7 Å². The van der Waals surface area contributed by atoms with Gasteiger partial charge < -0.3 is 30.0 Å². The van der Waals surface area contributed by atoms with Gasteiger partial charge >= 0.3 is 6.03 Å². The average molecular weight is 611 g/mol. The van der Waals surface area contributed by atoms with E-state index in [2.05, 4.69) is 80.3 Å². The van der Waals surface area contributed by atoms with Gasteiger partial charge in [-0.25, -0.2) is 4.79 Å². The molecule has 3 aliphatic rings. The minimum atomic E-state index is -1.91. The molecule has 0 radical (unpaired) electrons. The molecule has 2 aromatic carbocycles. The lowest BCUT2D eigenvalue weighted by atomic mass is 9.89. The highest BCUT2D eigenvalue weighted by molar-refractivity contribution is 7.98. The molecule has 0 unspecified atom stereocenters. The van der Waals surface area contributed by atoms with Crippen molar-refractivity contribution >= 4 is 37.7 Å². The molecule has 3 N–H and O–H groups in total. The summed E-state index contributed by atoms with van der Waals surface area (Å²) in [5.74, 6) is -0.0525. The lowest BCUT2D eigenvalue weighted by molar-refractivity contribution is -0.131. The molecule has 0 aromatic heterocycles. The quantitative estimate of drug-likeness (QED) is 0.243. The zero-order valence-corrected chi connectivity index (χ0v) is 27.6. The zero-order chi connectivity index (χ0) is 30.1. The van der Waals surface area contributed by atoms with Gasteiger partial charge in [-0.3, -0.25) is 4.79 Å². The number of carbonyl (C=O) groups excluding carboxylic acids is 2. The first kappa shape index (κ1) is 30.9. The van der Waals surface area contributed by atoms with Crippen LogP contribution in [0.5, 0.6) is 0 Å². The molecule has 2 saturated heterocycles. The summed E-state index contributed by atoms with van der Waals surface area (Å²) in [5, 5.41) is 9.53. The van der Waals surface area contributed by atoms with Crippen molar-refractivity contribution in [3.8, 4) is 0 Å². The third-order valence-corrected chi connectivity index (χ3v) is 14.7. The molecule has 3 aliphatic heterocycles. The van der Waals surface area contributed by atoms with Gasteiger partial charge in [0, 0.05) is 35.7 Å². The highest BCUT2D eigenvalue weighted by Gasteiger charge is 2.44. The summed E-state index contributed by atoms with van der Waals surface area (Å²) in [5.41, 5.74) is 4.38. The van der Waals surface area contributed by atoms with Crippen molar-refractivity contribution in [2.45, 2.75) is 93.9 Å². The summed E-state index contributed by atoms with van der Waals surface area (Å²) in [6.07, 6.45) is 4.89. The molecule has 0 aliphatic carbocycles. The van der Waals surface area contributed by atoms with Gasteiger partial charge in [0.05, 0.1) is 37.4 Å². The normalized spacial score (nSPS) is 23.6. The summed E-state index contributed by atoms with van der Waals surface area (Å²) < 4.78 is 13.0. The standard InChI is InChI=1S/C32H46N4O4SSi/c1-32(2,3)42(5,6)40-28-20-39-27-17-25(28)35-24-14-13-21(16-23(24)27)18-33-31(38)34-19-30(37)36-15-9-11-26(36)22-10-7-8-12-29(22)41-4/h7-8,10,12-14,16,25-28,35H,9,11,15,17-20H2,1-6H3,(H2,33,34,38)/t25-,26+,27+,28+/m0/s1. The van der Waals surface area contributed by atoms with Crippen molar-refractivity contribution in [3.63, 3.8) is 0 Å². The van der Waals surface area contributed by atoms with E-state index in [4.69, 9.17) is 9.16 Å². The number of nitrogens with one attached hydrogen (secondary N) is 3. The minimum Gasteiger partial charge on any atom is -0.409 e. The van der Waals surface area contributed by atoms with Gasteiger partial charge in [-0.05, 0) is 66.6 Å². The first-order valence-corrected chi connectivity index (χ1v) is 19.2. The van der Waals surface area contributed by atoms with Crippen LogP contribution in [0.2, 0.25) is 18.1 Å². The van der Waals surface area contributed by atoms with Crippen molar-refractivity contribution in [1.29, 1.82) is 0 Å². The van der Waals surface area contributed by atoms with Gasteiger partial charge in [0.25, 0.3) is 0 Å². The molecule has 3 heterocycles. The van der Waals surface area contributed by atoms with Crippen LogP contribution in [0.25, 0.3) is 0 Å². The number of anilines is 1. The van der Waals surface area contributed by atoms with Gasteiger partial charge in [0.1, 0.15) is 0 Å². The lowest BCUT2D eigenvalue weighted by Gasteiger charge is -2.47. The van der Waals surface area contributed by atoms with Gasteiger partial charge in [-0.2, -0.15) is 0 Å². The molecule has 10 heteroatoms. The second kappa shape index (κ2) is 12.6. The van der Waals surface area contributed by atoms with Crippen molar-refractivity contribution in [3.05, 3.63) is 59.2 Å². The number of hydrogen-bond acceptors (Lipinski definition) is 6. The number of likely N-dealkylation sites (tertiary alicyclic amines) is 1. The van der Waals surface area contributed by atoms with E-state index in [1.54, 1.807) is 11.8 Å². The Bertz CT molecular complexity index is 1300. The first-order chi connectivity index (χ1) is 20.0. The average Bonchev–Trinajstić information content (AvgIpc) is 3.45. The van der Waals surface area contributed by atoms with Crippen LogP contribution < -0.4 is 16.0 Å². The summed E-state index contributed by atoms with van der Waals surface area (Å²) >= 11 is 1.70. The molecule has 5 rings (SSSR count). The SMILES string of the molecule is CSc1ccccc1[C@H]1CCCN1C(=O)CNC(=O)NCc1ccc2c(c1)[C@H]1C[C@H](N2)[C@H](O[Si](C)(C)C(C)(C)C)CO1. The van der Waals surface area contributed by atoms with E-state index >= 15 is 0 Å². The molecule has 228 valence electrons. The van der Waals surface area contributed by atoms with E-state index in [1.165, 1.54) is 10.5 Å². The second-order valence-corrected chi connectivity index (χ2v) is 18.8. The highest BCUT2D eigenvalue weighted by atomic mass is 32.2. The number of ether oxygens (including phenoxy) is 1. The maximum atomic E-state index is 13.1. The third-order valence-electron chi connectivity index (χ3n) is 9.36.